The first-order valence-corrected chi connectivity index (χ1v) is 9.59. The van der Waals surface area contributed by atoms with E-state index in [2.05, 4.69) is 0 Å². The maximum Gasteiger partial charge on any atom is 0.225 e. The monoisotopic (exact) mass is 332 g/mol. The van der Waals surface area contributed by atoms with Gasteiger partial charge in [-0.2, -0.15) is 4.31 Å². The molecule has 3 aliphatic heterocycles. The summed E-state index contributed by atoms with van der Waals surface area (Å²) in [5, 5.41) is 0. The molecule has 3 rings (SSSR count). The van der Waals surface area contributed by atoms with Crippen molar-refractivity contribution < 1.29 is 22.7 Å². The molecule has 0 aromatic rings. The minimum absolute atomic E-state index is 0.0607. The van der Waals surface area contributed by atoms with Gasteiger partial charge in [0.25, 0.3) is 0 Å². The molecule has 3 aliphatic rings. The molecule has 0 aromatic carbocycles. The molecule has 0 unspecified atom stereocenters. The second-order valence-electron chi connectivity index (χ2n) is 6.29. The van der Waals surface area contributed by atoms with Gasteiger partial charge >= 0.3 is 0 Å². The number of carbonyl (C=O) groups is 1. The highest BCUT2D eigenvalue weighted by molar-refractivity contribution is 7.89. The summed E-state index contributed by atoms with van der Waals surface area (Å²) < 4.78 is 36.6. The Morgan fingerprint density at radius 2 is 1.59 bits per heavy atom. The topological polar surface area (TPSA) is 76.2 Å². The van der Waals surface area contributed by atoms with Crippen molar-refractivity contribution in [2.45, 2.75) is 12.8 Å². The Balaban J connectivity index is 1.45. The summed E-state index contributed by atoms with van der Waals surface area (Å²) in [6.45, 7) is 4.27. The summed E-state index contributed by atoms with van der Waals surface area (Å²) in [7, 11) is -3.22. The summed E-state index contributed by atoms with van der Waals surface area (Å²) in [6, 6.07) is 0. The third-order valence-electron chi connectivity index (χ3n) is 4.65. The van der Waals surface area contributed by atoms with Gasteiger partial charge in [-0.05, 0) is 12.8 Å². The number of amides is 1. The molecule has 0 bridgehead atoms. The van der Waals surface area contributed by atoms with Gasteiger partial charge in [0.2, 0.25) is 15.9 Å². The maximum absolute atomic E-state index is 12.3. The lowest BCUT2D eigenvalue weighted by molar-refractivity contribution is -0.144. The maximum atomic E-state index is 12.3. The van der Waals surface area contributed by atoms with E-state index in [0.717, 1.165) is 12.8 Å². The molecule has 0 atom stereocenters. The SMILES string of the molecule is O=C(C1CCOCC1)N1CC(CS(=O)(=O)N2CCOCC2)C1. The van der Waals surface area contributed by atoms with E-state index in [1.165, 1.54) is 4.31 Å². The van der Waals surface area contributed by atoms with Crippen molar-refractivity contribution in [2.24, 2.45) is 11.8 Å². The van der Waals surface area contributed by atoms with Gasteiger partial charge in [0.1, 0.15) is 0 Å². The van der Waals surface area contributed by atoms with Gasteiger partial charge in [0.05, 0.1) is 19.0 Å². The van der Waals surface area contributed by atoms with Crippen molar-refractivity contribution in [2.75, 3.05) is 58.4 Å². The first-order valence-electron chi connectivity index (χ1n) is 7.98. The van der Waals surface area contributed by atoms with Crippen LogP contribution in [-0.2, 0) is 24.3 Å². The zero-order valence-electron chi connectivity index (χ0n) is 12.8. The Kier molecular flexibility index (Phi) is 5.01. The fraction of sp³-hybridized carbons (Fsp3) is 0.929. The first-order chi connectivity index (χ1) is 10.6. The molecule has 0 aromatic heterocycles. The number of nitrogens with zero attached hydrogens (tertiary/aromatic N) is 2. The number of likely N-dealkylation sites (tertiary alicyclic amines) is 1. The molecule has 1 amide bonds. The van der Waals surface area contributed by atoms with Crippen molar-refractivity contribution in [3.05, 3.63) is 0 Å². The van der Waals surface area contributed by atoms with Crippen LogP contribution in [0.5, 0.6) is 0 Å². The van der Waals surface area contributed by atoms with Crippen molar-refractivity contribution in [1.29, 1.82) is 0 Å². The molecular weight excluding hydrogens is 308 g/mol. The second kappa shape index (κ2) is 6.82. The largest absolute Gasteiger partial charge is 0.381 e. The van der Waals surface area contributed by atoms with Crippen LogP contribution >= 0.6 is 0 Å². The molecular formula is C14H24N2O5S. The smallest absolute Gasteiger partial charge is 0.225 e. The standard InChI is InChI=1S/C14H24N2O5S/c17-14(13-1-5-20-6-2-13)15-9-12(10-15)11-22(18,19)16-3-7-21-8-4-16/h12-13H,1-11H2. The van der Waals surface area contributed by atoms with Crippen LogP contribution < -0.4 is 0 Å². The molecule has 0 N–H and O–H groups in total. The number of ether oxygens (including phenoxy) is 2. The number of hydrogen-bond donors (Lipinski definition) is 0. The van der Waals surface area contributed by atoms with E-state index in [-0.39, 0.29) is 23.5 Å². The summed E-state index contributed by atoms with van der Waals surface area (Å²) in [4.78, 5) is 14.1. The molecule has 126 valence electrons. The molecule has 8 heteroatoms. The van der Waals surface area contributed by atoms with Crippen LogP contribution in [0, 0.1) is 11.8 Å². The van der Waals surface area contributed by atoms with Crippen LogP contribution in [0.4, 0.5) is 0 Å². The lowest BCUT2D eigenvalue weighted by Gasteiger charge is -2.42. The third-order valence-corrected chi connectivity index (χ3v) is 6.69. The minimum atomic E-state index is -3.22. The number of morpholine rings is 1. The van der Waals surface area contributed by atoms with E-state index >= 15 is 0 Å². The molecule has 0 radical (unpaired) electrons. The van der Waals surface area contributed by atoms with Gasteiger partial charge in [-0.1, -0.05) is 0 Å². The number of rotatable bonds is 4. The van der Waals surface area contributed by atoms with E-state index in [1.54, 1.807) is 4.90 Å². The van der Waals surface area contributed by atoms with E-state index in [4.69, 9.17) is 9.47 Å². The number of sulfonamides is 1. The van der Waals surface area contributed by atoms with E-state index in [1.807, 2.05) is 0 Å². The Labute approximate surface area is 131 Å². The summed E-state index contributed by atoms with van der Waals surface area (Å²) in [5.41, 5.74) is 0. The predicted molar refractivity (Wildman–Crippen MR) is 79.8 cm³/mol. The average Bonchev–Trinajstić information content (AvgIpc) is 2.52. The van der Waals surface area contributed by atoms with Gasteiger partial charge in [-0.3, -0.25) is 4.79 Å². The first kappa shape index (κ1) is 16.2. The number of hydrogen-bond acceptors (Lipinski definition) is 5. The summed E-state index contributed by atoms with van der Waals surface area (Å²) in [6.07, 6.45) is 1.57. The van der Waals surface area contributed by atoms with Crippen LogP contribution in [0.15, 0.2) is 0 Å². The Hall–Kier alpha value is -0.700. The average molecular weight is 332 g/mol. The number of carbonyl (C=O) groups excluding carboxylic acids is 1. The third kappa shape index (κ3) is 3.61. The normalized spacial score (nSPS) is 25.9. The van der Waals surface area contributed by atoms with E-state index in [9.17, 15) is 13.2 Å². The molecule has 3 heterocycles. The molecule has 0 aliphatic carbocycles. The Bertz CT molecular complexity index is 491. The van der Waals surface area contributed by atoms with Crippen LogP contribution in [0.2, 0.25) is 0 Å². The van der Waals surface area contributed by atoms with Gasteiger partial charge in [-0.15, -0.1) is 0 Å². The molecule has 7 nitrogen and oxygen atoms in total. The van der Waals surface area contributed by atoms with Crippen LogP contribution in [0.25, 0.3) is 0 Å². The highest BCUT2D eigenvalue weighted by atomic mass is 32.2. The molecule has 0 saturated carbocycles. The van der Waals surface area contributed by atoms with Crippen LogP contribution in [0.1, 0.15) is 12.8 Å². The van der Waals surface area contributed by atoms with Crippen molar-refractivity contribution in [3.8, 4) is 0 Å². The lowest BCUT2D eigenvalue weighted by atomic mass is 9.94. The summed E-state index contributed by atoms with van der Waals surface area (Å²) in [5.74, 6) is 0.440. The van der Waals surface area contributed by atoms with Gasteiger partial charge < -0.3 is 14.4 Å². The Morgan fingerprint density at radius 1 is 1.00 bits per heavy atom. The highest BCUT2D eigenvalue weighted by Crippen LogP contribution is 2.25. The predicted octanol–water partition coefficient (Wildman–Crippen LogP) is -0.467. The summed E-state index contributed by atoms with van der Waals surface area (Å²) >= 11 is 0. The molecule has 0 spiro atoms. The molecule has 22 heavy (non-hydrogen) atoms. The van der Waals surface area contributed by atoms with E-state index < -0.39 is 10.0 Å². The van der Waals surface area contributed by atoms with Gasteiger partial charge in [-0.25, -0.2) is 8.42 Å². The second-order valence-corrected chi connectivity index (χ2v) is 8.30. The van der Waals surface area contributed by atoms with Crippen LogP contribution in [0.3, 0.4) is 0 Å². The zero-order chi connectivity index (χ0) is 15.6. The minimum Gasteiger partial charge on any atom is -0.381 e. The highest BCUT2D eigenvalue weighted by Gasteiger charge is 2.38. The van der Waals surface area contributed by atoms with Crippen molar-refractivity contribution in [3.63, 3.8) is 0 Å². The van der Waals surface area contributed by atoms with Gasteiger partial charge in [0, 0.05) is 51.2 Å². The van der Waals surface area contributed by atoms with E-state index in [0.29, 0.717) is 52.6 Å². The van der Waals surface area contributed by atoms with Gasteiger partial charge in [0.15, 0.2) is 0 Å². The Morgan fingerprint density at radius 3 is 2.23 bits per heavy atom. The van der Waals surface area contributed by atoms with Crippen LogP contribution in [-0.4, -0.2) is 81.9 Å². The van der Waals surface area contributed by atoms with Crippen molar-refractivity contribution in [1.82, 2.24) is 9.21 Å². The molecule has 3 saturated heterocycles. The van der Waals surface area contributed by atoms with Crippen molar-refractivity contribution >= 4 is 15.9 Å². The molecule has 3 fully saturated rings. The quantitative estimate of drug-likeness (QED) is 0.696. The lowest BCUT2D eigenvalue weighted by Crippen LogP contribution is -2.56. The fourth-order valence-corrected chi connectivity index (χ4v) is 5.01. The zero-order valence-corrected chi connectivity index (χ0v) is 13.6. The fourth-order valence-electron chi connectivity index (χ4n) is 3.29.